The molecule has 3 N–H and O–H groups in total. The third-order valence-corrected chi connectivity index (χ3v) is 6.37. The van der Waals surface area contributed by atoms with Crippen LogP contribution in [-0.4, -0.2) is 64.5 Å². The Balaban J connectivity index is 1.67. The molecule has 0 saturated carbocycles. The van der Waals surface area contributed by atoms with Gasteiger partial charge in [0.2, 0.25) is 5.91 Å². The number of carbonyl (C=O) groups excluding carboxylic acids is 1. The molecule has 10 nitrogen and oxygen atoms in total. The molecule has 0 aliphatic carbocycles. The number of hydrogen-bond donors (Lipinski definition) is 2. The lowest BCUT2D eigenvalue weighted by Crippen LogP contribution is -2.45. The van der Waals surface area contributed by atoms with Crippen LogP contribution in [0.15, 0.2) is 33.9 Å². The summed E-state index contributed by atoms with van der Waals surface area (Å²) < 4.78 is 1.34. The number of nitrogens with two attached hydrogens (primary N) is 1. The Hall–Kier alpha value is -3.42. The van der Waals surface area contributed by atoms with E-state index in [0.29, 0.717) is 12.1 Å². The molecule has 1 aliphatic rings. The quantitative estimate of drug-likeness (QED) is 0.553. The maximum Gasteiger partial charge on any atom is 0.330 e. The number of aromatic amines is 1. The number of nitrogens with one attached hydrogen (secondary N) is 1. The maximum atomic E-state index is 13.3. The fraction of sp³-hybridized carbons (Fsp3) is 0.520. The van der Waals surface area contributed by atoms with Gasteiger partial charge in [-0.2, -0.15) is 5.26 Å². The minimum absolute atomic E-state index is 0.0341. The first-order valence-corrected chi connectivity index (χ1v) is 12.2. The summed E-state index contributed by atoms with van der Waals surface area (Å²) >= 11 is 0. The molecule has 1 aromatic heterocycles. The Bertz CT molecular complexity index is 1160. The Labute approximate surface area is 205 Å². The molecule has 1 aromatic carbocycles. The lowest BCUT2D eigenvalue weighted by atomic mass is 10.1. The van der Waals surface area contributed by atoms with Crippen molar-refractivity contribution in [2.24, 2.45) is 0 Å². The number of aromatic nitrogens is 2. The minimum Gasteiger partial charge on any atom is -0.383 e. The van der Waals surface area contributed by atoms with E-state index in [-0.39, 0.29) is 30.5 Å². The molecule has 2 heterocycles. The molecular weight excluding hydrogens is 446 g/mol. The van der Waals surface area contributed by atoms with E-state index in [2.05, 4.69) is 20.9 Å². The standard InChI is InChI=1S/C25H35N7O3/c1-3-5-13-32-23(27)22(24(34)28-25(32)35)31(4-2)21(33)18-30-12-6-11-29(14-15-30)17-20-9-7-19(16-26)8-10-20/h7-10H,3-6,11-15,17-18,27H2,1-2H3,(H,28,34,35). The number of benzene rings is 1. The van der Waals surface area contributed by atoms with E-state index in [1.54, 1.807) is 6.92 Å². The van der Waals surface area contributed by atoms with E-state index in [1.807, 2.05) is 31.2 Å². The zero-order chi connectivity index (χ0) is 25.4. The molecule has 2 aromatic rings. The van der Waals surface area contributed by atoms with Gasteiger partial charge in [-0.15, -0.1) is 0 Å². The molecule has 35 heavy (non-hydrogen) atoms. The van der Waals surface area contributed by atoms with E-state index < -0.39 is 11.2 Å². The molecule has 188 valence electrons. The van der Waals surface area contributed by atoms with E-state index in [1.165, 1.54) is 9.47 Å². The average molecular weight is 482 g/mol. The summed E-state index contributed by atoms with van der Waals surface area (Å²) in [6.45, 7) is 8.64. The van der Waals surface area contributed by atoms with Gasteiger partial charge in [-0.1, -0.05) is 25.5 Å². The summed E-state index contributed by atoms with van der Waals surface area (Å²) in [5.74, 6) is -0.183. The van der Waals surface area contributed by atoms with Gasteiger partial charge in [-0.25, -0.2) is 4.79 Å². The highest BCUT2D eigenvalue weighted by Gasteiger charge is 2.25. The number of H-pyrrole nitrogens is 1. The van der Waals surface area contributed by atoms with Gasteiger partial charge in [0.1, 0.15) is 5.82 Å². The number of likely N-dealkylation sites (N-methyl/N-ethyl adjacent to an activating group) is 1. The van der Waals surface area contributed by atoms with E-state index in [9.17, 15) is 14.4 Å². The summed E-state index contributed by atoms with van der Waals surface area (Å²) in [6, 6.07) is 9.75. The van der Waals surface area contributed by atoms with Gasteiger partial charge in [0.25, 0.3) is 5.56 Å². The second kappa shape index (κ2) is 12.3. The molecule has 1 saturated heterocycles. The first-order chi connectivity index (χ1) is 16.9. The number of nitrogens with zero attached hydrogens (tertiary/aromatic N) is 5. The highest BCUT2D eigenvalue weighted by molar-refractivity contribution is 5.96. The fourth-order valence-electron chi connectivity index (χ4n) is 4.40. The van der Waals surface area contributed by atoms with Crippen molar-refractivity contribution in [3.63, 3.8) is 0 Å². The van der Waals surface area contributed by atoms with Crippen LogP contribution in [-0.2, 0) is 17.9 Å². The van der Waals surface area contributed by atoms with Crippen molar-refractivity contribution in [1.29, 1.82) is 5.26 Å². The zero-order valence-electron chi connectivity index (χ0n) is 20.6. The van der Waals surface area contributed by atoms with Crippen LogP contribution < -0.4 is 21.9 Å². The Morgan fingerprint density at radius 1 is 1.11 bits per heavy atom. The van der Waals surface area contributed by atoms with E-state index in [4.69, 9.17) is 11.0 Å². The van der Waals surface area contributed by atoms with Crippen molar-refractivity contribution in [1.82, 2.24) is 19.4 Å². The minimum atomic E-state index is -0.639. The first kappa shape index (κ1) is 26.2. The van der Waals surface area contributed by atoms with Crippen LogP contribution in [0.1, 0.15) is 44.2 Å². The van der Waals surface area contributed by atoms with Gasteiger partial charge >= 0.3 is 5.69 Å². The van der Waals surface area contributed by atoms with Crippen molar-refractivity contribution >= 4 is 17.4 Å². The SMILES string of the molecule is CCCCn1c(N)c(N(CC)C(=O)CN2CCCN(Cc3ccc(C#N)cc3)CC2)c(=O)[nH]c1=O. The largest absolute Gasteiger partial charge is 0.383 e. The number of unbranched alkanes of at least 4 members (excludes halogenated alkanes) is 1. The van der Waals surface area contributed by atoms with Gasteiger partial charge in [0.05, 0.1) is 18.2 Å². The van der Waals surface area contributed by atoms with Crippen LogP contribution in [0.3, 0.4) is 0 Å². The molecule has 0 atom stereocenters. The second-order valence-corrected chi connectivity index (χ2v) is 8.85. The number of amides is 1. The van der Waals surface area contributed by atoms with Crippen LogP contribution in [0.5, 0.6) is 0 Å². The monoisotopic (exact) mass is 481 g/mol. The average Bonchev–Trinajstić information content (AvgIpc) is 3.06. The van der Waals surface area contributed by atoms with Gasteiger partial charge < -0.3 is 10.6 Å². The molecule has 0 spiro atoms. The summed E-state index contributed by atoms with van der Waals surface area (Å²) in [6.07, 6.45) is 2.52. The predicted molar refractivity (Wildman–Crippen MR) is 136 cm³/mol. The summed E-state index contributed by atoms with van der Waals surface area (Å²) in [5, 5.41) is 8.97. The molecule has 1 fully saturated rings. The lowest BCUT2D eigenvalue weighted by Gasteiger charge is -2.27. The number of rotatable bonds is 9. The molecule has 1 aliphatic heterocycles. The van der Waals surface area contributed by atoms with Gasteiger partial charge in [-0.05, 0) is 50.6 Å². The number of nitriles is 1. The molecule has 0 bridgehead atoms. The van der Waals surface area contributed by atoms with Gasteiger partial charge in [-0.3, -0.25) is 28.9 Å². The van der Waals surface area contributed by atoms with Crippen molar-refractivity contribution in [3.8, 4) is 6.07 Å². The third kappa shape index (κ3) is 6.59. The zero-order valence-corrected chi connectivity index (χ0v) is 20.6. The Morgan fingerprint density at radius 3 is 2.46 bits per heavy atom. The molecule has 1 amide bonds. The highest BCUT2D eigenvalue weighted by atomic mass is 16.2. The topological polar surface area (TPSA) is 131 Å². The van der Waals surface area contributed by atoms with Gasteiger partial charge in [0, 0.05) is 32.7 Å². The number of carbonyl (C=O) groups is 1. The first-order valence-electron chi connectivity index (χ1n) is 12.2. The van der Waals surface area contributed by atoms with Crippen molar-refractivity contribution in [2.75, 3.05) is 49.9 Å². The van der Waals surface area contributed by atoms with Crippen LogP contribution in [0.4, 0.5) is 11.5 Å². The van der Waals surface area contributed by atoms with Crippen LogP contribution in [0.2, 0.25) is 0 Å². The van der Waals surface area contributed by atoms with Crippen molar-refractivity contribution in [3.05, 3.63) is 56.2 Å². The predicted octanol–water partition coefficient (Wildman–Crippen LogP) is 1.35. The number of nitrogen functional groups attached to an aromatic ring is 1. The number of hydrogen-bond acceptors (Lipinski definition) is 7. The second-order valence-electron chi connectivity index (χ2n) is 8.85. The summed E-state index contributed by atoms with van der Waals surface area (Å²) in [7, 11) is 0. The molecule has 3 rings (SSSR count). The van der Waals surface area contributed by atoms with E-state index >= 15 is 0 Å². The Morgan fingerprint density at radius 2 is 1.80 bits per heavy atom. The molecule has 0 unspecified atom stereocenters. The van der Waals surface area contributed by atoms with Crippen LogP contribution >= 0.6 is 0 Å². The smallest absolute Gasteiger partial charge is 0.330 e. The van der Waals surface area contributed by atoms with Crippen molar-refractivity contribution in [2.45, 2.75) is 46.2 Å². The number of anilines is 2. The highest BCUT2D eigenvalue weighted by Crippen LogP contribution is 2.18. The molecular formula is C25H35N7O3. The molecule has 0 radical (unpaired) electrons. The summed E-state index contributed by atoms with van der Waals surface area (Å²) in [4.78, 5) is 46.3. The Kier molecular flexibility index (Phi) is 9.23. The normalized spacial score (nSPS) is 14.9. The van der Waals surface area contributed by atoms with Crippen LogP contribution in [0.25, 0.3) is 0 Å². The fourth-order valence-corrected chi connectivity index (χ4v) is 4.40. The molecule has 10 heteroatoms. The van der Waals surface area contributed by atoms with Crippen LogP contribution in [0, 0.1) is 11.3 Å². The lowest BCUT2D eigenvalue weighted by molar-refractivity contribution is -0.119. The van der Waals surface area contributed by atoms with Gasteiger partial charge in [0.15, 0.2) is 5.69 Å². The van der Waals surface area contributed by atoms with Crippen molar-refractivity contribution < 1.29 is 4.79 Å². The van der Waals surface area contributed by atoms with E-state index in [0.717, 1.165) is 57.5 Å². The maximum absolute atomic E-state index is 13.3. The summed E-state index contributed by atoms with van der Waals surface area (Å²) in [5.41, 5.74) is 6.87. The third-order valence-electron chi connectivity index (χ3n) is 6.37.